The number of benzene rings is 1. The molecule has 0 bridgehead atoms. The summed E-state index contributed by atoms with van der Waals surface area (Å²) in [6.45, 7) is 0.700. The molecule has 0 unspecified atom stereocenters. The molecule has 1 amide bonds. The number of hydrogen-bond acceptors (Lipinski definition) is 2. The molecular weight excluding hydrogens is 256 g/mol. The first-order valence-corrected chi connectivity index (χ1v) is 7.07. The van der Waals surface area contributed by atoms with Gasteiger partial charge >= 0.3 is 0 Å². The van der Waals surface area contributed by atoms with Gasteiger partial charge in [0.2, 0.25) is 6.41 Å². The number of fused-ring (bicyclic) bond motifs is 1. The summed E-state index contributed by atoms with van der Waals surface area (Å²) in [6.07, 6.45) is 3.78. The van der Waals surface area contributed by atoms with E-state index in [-0.39, 0.29) is 0 Å². The van der Waals surface area contributed by atoms with Gasteiger partial charge in [-0.15, -0.1) is 11.3 Å². The molecule has 19 heavy (non-hydrogen) atoms. The number of hydrogen-bond donors (Lipinski definition) is 1. The van der Waals surface area contributed by atoms with Crippen LogP contribution in [0.15, 0.2) is 48.0 Å². The second kappa shape index (κ2) is 5.28. The normalized spacial score (nSPS) is 10.7. The maximum atomic E-state index is 11.2. The van der Waals surface area contributed by atoms with Crippen LogP contribution in [0, 0.1) is 0 Å². The fourth-order valence-electron chi connectivity index (χ4n) is 2.23. The lowest BCUT2D eigenvalue weighted by Crippen LogP contribution is -2.22. The quantitative estimate of drug-likeness (QED) is 0.708. The molecule has 3 aromatic rings. The van der Waals surface area contributed by atoms with Gasteiger partial charge in [0.1, 0.15) is 0 Å². The van der Waals surface area contributed by atoms with Crippen LogP contribution in [0.1, 0.15) is 5.56 Å². The van der Waals surface area contributed by atoms with Gasteiger partial charge in [0.05, 0.1) is 5.00 Å². The number of amides is 1. The number of carbonyl (C=O) groups excluding carboxylic acids is 1. The van der Waals surface area contributed by atoms with E-state index >= 15 is 0 Å². The molecule has 3 nitrogen and oxygen atoms in total. The van der Waals surface area contributed by atoms with Crippen molar-refractivity contribution < 1.29 is 4.79 Å². The number of nitrogens with zero attached hydrogens (tertiary/aromatic N) is 1. The average molecular weight is 270 g/mol. The zero-order chi connectivity index (χ0) is 13.1. The zero-order valence-corrected chi connectivity index (χ0v) is 11.2. The predicted octanol–water partition coefficient (Wildman–Crippen LogP) is 3.43. The molecule has 0 aliphatic heterocycles. The van der Waals surface area contributed by atoms with Gasteiger partial charge in [0.15, 0.2) is 0 Å². The second-order valence-corrected chi connectivity index (χ2v) is 5.29. The Hall–Kier alpha value is -2.07. The average Bonchev–Trinajstić information content (AvgIpc) is 3.09. The number of para-hydroxylation sites is 1. The molecule has 0 aliphatic carbocycles. The van der Waals surface area contributed by atoms with E-state index in [4.69, 9.17) is 0 Å². The molecule has 1 N–H and O–H groups in total. The van der Waals surface area contributed by atoms with Crippen molar-refractivity contribution in [3.05, 3.63) is 53.5 Å². The van der Waals surface area contributed by atoms with Crippen LogP contribution < -0.4 is 4.90 Å². The van der Waals surface area contributed by atoms with Crippen LogP contribution in [0.3, 0.4) is 0 Å². The molecule has 0 saturated carbocycles. The van der Waals surface area contributed by atoms with Crippen molar-refractivity contribution in [2.45, 2.75) is 6.42 Å². The molecule has 2 heterocycles. The van der Waals surface area contributed by atoms with E-state index in [1.165, 1.54) is 10.9 Å². The summed E-state index contributed by atoms with van der Waals surface area (Å²) in [4.78, 5) is 16.2. The molecule has 0 saturated heterocycles. The van der Waals surface area contributed by atoms with E-state index < -0.39 is 0 Å². The molecule has 0 aliphatic rings. The summed E-state index contributed by atoms with van der Waals surface area (Å²) in [5.74, 6) is 0. The molecule has 4 heteroatoms. The maximum Gasteiger partial charge on any atom is 0.214 e. The van der Waals surface area contributed by atoms with E-state index in [0.29, 0.717) is 6.54 Å². The summed E-state index contributed by atoms with van der Waals surface area (Å²) in [5, 5.41) is 4.21. The van der Waals surface area contributed by atoms with Gasteiger partial charge in [-0.1, -0.05) is 18.2 Å². The number of anilines is 1. The summed E-state index contributed by atoms with van der Waals surface area (Å²) in [5.41, 5.74) is 2.39. The van der Waals surface area contributed by atoms with Gasteiger partial charge in [-0.05, 0) is 35.6 Å². The third kappa shape index (κ3) is 2.39. The fourth-order valence-corrected chi connectivity index (χ4v) is 2.95. The number of rotatable bonds is 5. The van der Waals surface area contributed by atoms with Gasteiger partial charge in [-0.25, -0.2) is 0 Å². The van der Waals surface area contributed by atoms with Gasteiger partial charge in [-0.2, -0.15) is 0 Å². The third-order valence-corrected chi connectivity index (χ3v) is 4.12. The number of H-pyrrole nitrogens is 1. The van der Waals surface area contributed by atoms with Gasteiger partial charge in [0.25, 0.3) is 0 Å². The smallest absolute Gasteiger partial charge is 0.214 e. The Labute approximate surface area is 115 Å². The topological polar surface area (TPSA) is 36.1 Å². The Morgan fingerprint density at radius 2 is 2.11 bits per heavy atom. The molecule has 0 radical (unpaired) electrons. The zero-order valence-electron chi connectivity index (χ0n) is 10.4. The first kappa shape index (κ1) is 12.0. The number of thiophene rings is 1. The lowest BCUT2D eigenvalue weighted by molar-refractivity contribution is -0.107. The van der Waals surface area contributed by atoms with Crippen LogP contribution in [-0.2, 0) is 11.2 Å². The van der Waals surface area contributed by atoms with Crippen LogP contribution in [0.2, 0.25) is 0 Å². The van der Waals surface area contributed by atoms with Crippen molar-refractivity contribution in [2.75, 3.05) is 11.4 Å². The molecule has 96 valence electrons. The Bertz CT molecular complexity index is 672. The fraction of sp³-hybridized carbons (Fsp3) is 0.133. The summed E-state index contributed by atoms with van der Waals surface area (Å²) in [7, 11) is 0. The van der Waals surface area contributed by atoms with Crippen LogP contribution >= 0.6 is 11.3 Å². The minimum absolute atomic E-state index is 0.700. The SMILES string of the molecule is O=CN(CCc1c[nH]c2ccccc12)c1cccs1. The molecule has 0 fully saturated rings. The Morgan fingerprint density at radius 3 is 2.89 bits per heavy atom. The van der Waals surface area contributed by atoms with Crippen LogP contribution in [0.25, 0.3) is 10.9 Å². The molecule has 0 atom stereocenters. The molecule has 1 aromatic carbocycles. The highest BCUT2D eigenvalue weighted by Crippen LogP contribution is 2.22. The van der Waals surface area contributed by atoms with Gasteiger partial charge < -0.3 is 9.88 Å². The van der Waals surface area contributed by atoms with Gasteiger partial charge in [0, 0.05) is 23.6 Å². The Balaban J connectivity index is 1.77. The van der Waals surface area contributed by atoms with E-state index in [0.717, 1.165) is 23.3 Å². The molecule has 0 spiro atoms. The van der Waals surface area contributed by atoms with E-state index in [2.05, 4.69) is 17.1 Å². The van der Waals surface area contributed by atoms with Crippen molar-refractivity contribution >= 4 is 33.7 Å². The van der Waals surface area contributed by atoms with Crippen molar-refractivity contribution in [3.63, 3.8) is 0 Å². The molecule has 3 rings (SSSR count). The largest absolute Gasteiger partial charge is 0.361 e. The van der Waals surface area contributed by atoms with E-state index in [1.54, 1.807) is 16.2 Å². The lowest BCUT2D eigenvalue weighted by atomic mass is 10.1. The summed E-state index contributed by atoms with van der Waals surface area (Å²) in [6, 6.07) is 12.2. The van der Waals surface area contributed by atoms with E-state index in [1.807, 2.05) is 35.8 Å². The van der Waals surface area contributed by atoms with Crippen LogP contribution in [-0.4, -0.2) is 17.9 Å². The van der Waals surface area contributed by atoms with Crippen LogP contribution in [0.4, 0.5) is 5.00 Å². The Morgan fingerprint density at radius 1 is 1.21 bits per heavy atom. The number of carbonyl (C=O) groups is 1. The van der Waals surface area contributed by atoms with Crippen molar-refractivity contribution in [1.29, 1.82) is 0 Å². The number of nitrogens with one attached hydrogen (secondary N) is 1. The minimum atomic E-state index is 0.700. The highest BCUT2D eigenvalue weighted by Gasteiger charge is 2.08. The van der Waals surface area contributed by atoms with Crippen molar-refractivity contribution in [2.24, 2.45) is 0 Å². The summed E-state index contributed by atoms with van der Waals surface area (Å²) >= 11 is 1.58. The Kier molecular flexibility index (Phi) is 3.33. The highest BCUT2D eigenvalue weighted by molar-refractivity contribution is 7.14. The predicted molar refractivity (Wildman–Crippen MR) is 79.7 cm³/mol. The van der Waals surface area contributed by atoms with E-state index in [9.17, 15) is 4.79 Å². The maximum absolute atomic E-state index is 11.2. The van der Waals surface area contributed by atoms with Gasteiger partial charge in [-0.3, -0.25) is 4.79 Å². The van der Waals surface area contributed by atoms with Crippen LogP contribution in [0.5, 0.6) is 0 Å². The number of aromatic amines is 1. The lowest BCUT2D eigenvalue weighted by Gasteiger charge is -2.14. The third-order valence-electron chi connectivity index (χ3n) is 3.21. The van der Waals surface area contributed by atoms with Crippen molar-refractivity contribution in [1.82, 2.24) is 4.98 Å². The molecule has 2 aromatic heterocycles. The summed E-state index contributed by atoms with van der Waals surface area (Å²) < 4.78 is 0. The second-order valence-electron chi connectivity index (χ2n) is 4.36. The first-order valence-electron chi connectivity index (χ1n) is 6.19. The molecular formula is C15H14N2OS. The highest BCUT2D eigenvalue weighted by atomic mass is 32.1. The number of aromatic nitrogens is 1. The monoisotopic (exact) mass is 270 g/mol. The minimum Gasteiger partial charge on any atom is -0.361 e. The van der Waals surface area contributed by atoms with Crippen molar-refractivity contribution in [3.8, 4) is 0 Å². The first-order chi connectivity index (χ1) is 9.38. The standard InChI is InChI=1S/C15H14N2OS/c18-11-17(15-6-3-9-19-15)8-7-12-10-16-14-5-2-1-4-13(12)14/h1-6,9-11,16H,7-8H2.